The highest BCUT2D eigenvalue weighted by atomic mass is 19.4. The van der Waals surface area contributed by atoms with Crippen molar-refractivity contribution < 1.29 is 58.6 Å². The van der Waals surface area contributed by atoms with Crippen molar-refractivity contribution in [2.75, 3.05) is 18.1 Å². The quantitative estimate of drug-likeness (QED) is 0.248. The van der Waals surface area contributed by atoms with Crippen molar-refractivity contribution in [1.82, 2.24) is 0 Å². The molecule has 14 heteroatoms. The Kier molecular flexibility index (Phi) is 9.23. The number of esters is 1. The molecule has 0 fully saturated rings. The molecule has 1 aliphatic rings. The molecule has 0 spiro atoms. The third kappa shape index (κ3) is 7.25. The Labute approximate surface area is 229 Å². The molecule has 1 heterocycles. The number of rotatable bonds is 6. The second-order valence-electron chi connectivity index (χ2n) is 9.49. The minimum absolute atomic E-state index is 0.0459. The van der Waals surface area contributed by atoms with Crippen LogP contribution in [0.2, 0.25) is 0 Å². The van der Waals surface area contributed by atoms with Gasteiger partial charge in [0.1, 0.15) is 0 Å². The first-order valence-corrected chi connectivity index (χ1v) is 12.5. The van der Waals surface area contributed by atoms with Crippen LogP contribution in [0.4, 0.5) is 50.0 Å². The van der Waals surface area contributed by atoms with Gasteiger partial charge >= 0.3 is 30.6 Å². The Hall–Kier alpha value is -3.45. The molecule has 0 N–H and O–H groups in total. The van der Waals surface area contributed by atoms with Gasteiger partial charge in [-0.1, -0.05) is 6.92 Å². The average molecular weight is 599 g/mol. The van der Waals surface area contributed by atoms with E-state index in [2.05, 4.69) is 0 Å². The topological polar surface area (TPSA) is 55.8 Å². The van der Waals surface area contributed by atoms with Gasteiger partial charge in [0.05, 0.1) is 35.6 Å². The van der Waals surface area contributed by atoms with Crippen LogP contribution < -0.4 is 4.90 Å². The maximum absolute atomic E-state index is 13.7. The summed E-state index contributed by atoms with van der Waals surface area (Å²) >= 11 is 0. The lowest BCUT2D eigenvalue weighted by atomic mass is 9.73. The molecule has 1 amide bonds. The number of ether oxygens (including phenoxy) is 2. The fourth-order valence-corrected chi connectivity index (χ4v) is 4.98. The van der Waals surface area contributed by atoms with E-state index in [1.165, 1.54) is 6.92 Å². The monoisotopic (exact) mass is 599 g/mol. The summed E-state index contributed by atoms with van der Waals surface area (Å²) in [7, 11) is 0. The number of hydrogen-bond acceptors (Lipinski definition) is 4. The van der Waals surface area contributed by atoms with Gasteiger partial charge in [0.25, 0.3) is 0 Å². The van der Waals surface area contributed by atoms with Crippen LogP contribution in [0.15, 0.2) is 36.4 Å². The second-order valence-corrected chi connectivity index (χ2v) is 9.49. The van der Waals surface area contributed by atoms with Crippen molar-refractivity contribution in [1.29, 1.82) is 0 Å². The summed E-state index contributed by atoms with van der Waals surface area (Å²) in [6, 6.07) is 2.55. The van der Waals surface area contributed by atoms with Gasteiger partial charge < -0.3 is 9.47 Å². The fraction of sp³-hybridized carbons (Fsp3) is 0.481. The van der Waals surface area contributed by atoms with Crippen molar-refractivity contribution in [3.63, 3.8) is 0 Å². The van der Waals surface area contributed by atoms with Gasteiger partial charge in [-0.25, -0.2) is 4.79 Å². The van der Waals surface area contributed by atoms with E-state index < -0.39 is 77.3 Å². The summed E-state index contributed by atoms with van der Waals surface area (Å²) in [5.74, 6) is -3.53. The van der Waals surface area contributed by atoms with E-state index in [-0.39, 0.29) is 36.8 Å². The molecule has 2 aromatic rings. The van der Waals surface area contributed by atoms with Gasteiger partial charge in [-0.2, -0.15) is 39.5 Å². The highest BCUT2D eigenvalue weighted by Gasteiger charge is 2.44. The minimum atomic E-state index is -5.19. The molecule has 3 rings (SSSR count). The van der Waals surface area contributed by atoms with E-state index in [1.54, 1.807) is 6.92 Å². The minimum Gasteiger partial charge on any atom is -0.465 e. The van der Waals surface area contributed by atoms with E-state index in [9.17, 15) is 49.1 Å². The van der Waals surface area contributed by atoms with Crippen LogP contribution in [-0.4, -0.2) is 31.3 Å². The summed E-state index contributed by atoms with van der Waals surface area (Å²) in [6.45, 7) is 3.34. The van der Waals surface area contributed by atoms with Crippen molar-refractivity contribution in [2.45, 2.75) is 70.0 Å². The number of amides is 1. The number of benzene rings is 2. The molecule has 226 valence electrons. The first-order chi connectivity index (χ1) is 18.9. The zero-order valence-corrected chi connectivity index (χ0v) is 22.0. The number of alkyl halides is 9. The Morgan fingerprint density at radius 1 is 0.854 bits per heavy atom. The van der Waals surface area contributed by atoms with Crippen molar-refractivity contribution >= 4 is 17.7 Å². The summed E-state index contributed by atoms with van der Waals surface area (Å²) in [5, 5.41) is 0. The molecule has 5 nitrogen and oxygen atoms in total. The molecule has 2 aromatic carbocycles. The predicted octanol–water partition coefficient (Wildman–Crippen LogP) is 8.32. The molecule has 0 saturated heterocycles. The zero-order chi connectivity index (χ0) is 30.9. The van der Waals surface area contributed by atoms with Crippen LogP contribution in [0.1, 0.15) is 73.3 Å². The molecule has 0 saturated carbocycles. The number of hydrogen-bond donors (Lipinski definition) is 0. The maximum Gasteiger partial charge on any atom is 0.416 e. The third-order valence-corrected chi connectivity index (χ3v) is 6.83. The lowest BCUT2D eigenvalue weighted by Crippen LogP contribution is -2.46. The number of carbonyl (C=O) groups is 2. The second kappa shape index (κ2) is 11.8. The van der Waals surface area contributed by atoms with E-state index in [1.807, 2.05) is 0 Å². The first-order valence-electron chi connectivity index (χ1n) is 12.5. The predicted molar refractivity (Wildman–Crippen MR) is 128 cm³/mol. The largest absolute Gasteiger partial charge is 0.465 e. The number of carbonyl (C=O) groups excluding carboxylic acids is 2. The Morgan fingerprint density at radius 3 is 1.88 bits per heavy atom. The van der Waals surface area contributed by atoms with E-state index in [0.717, 1.165) is 17.9 Å². The smallest absolute Gasteiger partial charge is 0.416 e. The zero-order valence-electron chi connectivity index (χ0n) is 22.0. The Balaban J connectivity index is 2.33. The van der Waals surface area contributed by atoms with Crippen molar-refractivity contribution in [3.8, 4) is 0 Å². The summed E-state index contributed by atoms with van der Waals surface area (Å²) in [5.41, 5.74) is -5.16. The van der Waals surface area contributed by atoms with Crippen LogP contribution in [0, 0.1) is 0 Å². The van der Waals surface area contributed by atoms with Crippen molar-refractivity contribution in [3.05, 3.63) is 64.2 Å². The van der Waals surface area contributed by atoms with E-state index in [0.29, 0.717) is 24.3 Å². The van der Waals surface area contributed by atoms with Crippen LogP contribution >= 0.6 is 0 Å². The molecular formula is C27H26F9NO4. The Bertz CT molecular complexity index is 1240. The number of anilines is 1. The lowest BCUT2D eigenvalue weighted by molar-refractivity contribution is -0.144. The van der Waals surface area contributed by atoms with Gasteiger partial charge in [-0.15, -0.1) is 0 Å². The van der Waals surface area contributed by atoms with Gasteiger partial charge in [-0.05, 0) is 73.2 Å². The van der Waals surface area contributed by atoms with Gasteiger partial charge in [-0.3, -0.25) is 9.69 Å². The number of halogens is 9. The molecular weight excluding hydrogens is 573 g/mol. The van der Waals surface area contributed by atoms with Gasteiger partial charge in [0.15, 0.2) is 0 Å². The fourth-order valence-electron chi connectivity index (χ4n) is 4.98. The molecule has 0 aromatic heterocycles. The van der Waals surface area contributed by atoms with E-state index >= 15 is 0 Å². The Morgan fingerprint density at radius 2 is 1.41 bits per heavy atom. The normalized spacial score (nSPS) is 18.5. The average Bonchev–Trinajstić information content (AvgIpc) is 2.86. The van der Waals surface area contributed by atoms with Gasteiger partial charge in [0, 0.05) is 18.9 Å². The first kappa shape index (κ1) is 32.1. The van der Waals surface area contributed by atoms with E-state index in [4.69, 9.17) is 9.47 Å². The lowest BCUT2D eigenvalue weighted by Gasteiger charge is -2.43. The standard InChI is InChI=1S/C27H26F9NO4/c1-4-19-12-20(21-11-16(25(28,29)30)6-7-23(21)37(19)24(39)40-5-2)22(13-41-14(3)38)15-8-17(26(31,32)33)10-18(9-15)27(34,35)36/h6-11,19-20,22H,4-5,12-13H2,1-3H3/t19-,20-,22+/m1/s1. The molecule has 0 unspecified atom stereocenters. The van der Waals surface area contributed by atoms with Crippen molar-refractivity contribution in [2.24, 2.45) is 0 Å². The van der Waals surface area contributed by atoms with Gasteiger partial charge in [0.2, 0.25) is 0 Å². The van der Waals surface area contributed by atoms with Crippen LogP contribution in [0.5, 0.6) is 0 Å². The molecule has 0 aliphatic carbocycles. The van der Waals surface area contributed by atoms with Crippen LogP contribution in [0.25, 0.3) is 0 Å². The molecule has 3 atom stereocenters. The van der Waals surface area contributed by atoms with Crippen LogP contribution in [0.3, 0.4) is 0 Å². The summed E-state index contributed by atoms with van der Waals surface area (Å²) in [6.07, 6.45) is -16.1. The summed E-state index contributed by atoms with van der Waals surface area (Å²) < 4.78 is 133. The molecule has 0 bridgehead atoms. The SMILES string of the molecule is CCOC(=O)N1c2ccc(C(F)(F)F)cc2[C@H]([C@@H](COC(C)=O)c2cc(C(F)(F)F)cc(C(F)(F)F)c2)C[C@H]1CC. The highest BCUT2D eigenvalue weighted by Crippen LogP contribution is 2.50. The maximum atomic E-state index is 13.7. The number of nitrogens with zero attached hydrogens (tertiary/aromatic N) is 1. The van der Waals surface area contributed by atoms with Crippen LogP contribution in [-0.2, 0) is 32.8 Å². The molecule has 1 aliphatic heterocycles. The summed E-state index contributed by atoms with van der Waals surface area (Å²) in [4.78, 5) is 25.7. The molecule has 0 radical (unpaired) electrons. The third-order valence-electron chi connectivity index (χ3n) is 6.83. The highest BCUT2D eigenvalue weighted by molar-refractivity contribution is 5.90. The molecule has 41 heavy (non-hydrogen) atoms. The number of fused-ring (bicyclic) bond motifs is 1.